The summed E-state index contributed by atoms with van der Waals surface area (Å²) in [5.74, 6) is 0.0898. The van der Waals surface area contributed by atoms with Crippen molar-refractivity contribution in [1.29, 1.82) is 0 Å². The third kappa shape index (κ3) is 10.4. The van der Waals surface area contributed by atoms with Crippen molar-refractivity contribution in [2.24, 2.45) is 0 Å². The van der Waals surface area contributed by atoms with Crippen LogP contribution in [0.2, 0.25) is 25.7 Å². The van der Waals surface area contributed by atoms with E-state index in [-0.39, 0.29) is 31.3 Å². The average molecular weight is 529 g/mol. The fourth-order valence-electron chi connectivity index (χ4n) is 2.78. The Morgan fingerprint density at radius 3 is 2.42 bits per heavy atom. The van der Waals surface area contributed by atoms with E-state index in [1.54, 1.807) is 45.0 Å². The van der Waals surface area contributed by atoms with E-state index in [1.165, 1.54) is 4.68 Å². The molecule has 0 fully saturated rings. The summed E-state index contributed by atoms with van der Waals surface area (Å²) in [5.41, 5.74) is 0.0765. The largest absolute Gasteiger partial charge is 0.489 e. The molecule has 1 heterocycles. The zero-order chi connectivity index (χ0) is 26.9. The lowest BCUT2D eigenvalue weighted by Gasteiger charge is -2.20. The molecule has 0 saturated carbocycles. The highest BCUT2D eigenvalue weighted by Gasteiger charge is 2.20. The van der Waals surface area contributed by atoms with Gasteiger partial charge in [-0.05, 0) is 51.1 Å². The molecule has 1 aromatic carbocycles. The SMILES string of the molecule is CC(C)(C)OC(=O)NC/C(=C\F)COc1ccc(-c2nc(C(F)F)nn2COCC[Si](C)(C)C)cc1. The molecule has 12 heteroatoms. The monoisotopic (exact) mass is 528 g/mol. The molecule has 0 bridgehead atoms. The number of alkyl halides is 2. The molecular weight excluding hydrogens is 493 g/mol. The molecule has 1 N–H and O–H groups in total. The fraction of sp³-hybridized carbons (Fsp3) is 0.542. The summed E-state index contributed by atoms with van der Waals surface area (Å²) in [6, 6.07) is 7.45. The molecule has 8 nitrogen and oxygen atoms in total. The van der Waals surface area contributed by atoms with Gasteiger partial charge in [-0.1, -0.05) is 19.6 Å². The number of hydrogen-bond donors (Lipinski definition) is 1. The van der Waals surface area contributed by atoms with E-state index in [0.29, 0.717) is 24.2 Å². The predicted octanol–water partition coefficient (Wildman–Crippen LogP) is 5.95. The molecule has 2 aromatic rings. The normalized spacial score (nSPS) is 12.7. The maximum absolute atomic E-state index is 13.2. The van der Waals surface area contributed by atoms with Crippen molar-refractivity contribution < 1.29 is 32.2 Å². The Morgan fingerprint density at radius 1 is 1.19 bits per heavy atom. The number of amides is 1. The van der Waals surface area contributed by atoms with Crippen LogP contribution in [0.5, 0.6) is 5.75 Å². The number of aromatic nitrogens is 3. The number of nitrogens with zero attached hydrogens (tertiary/aromatic N) is 3. The van der Waals surface area contributed by atoms with E-state index in [9.17, 15) is 18.0 Å². The quantitative estimate of drug-likeness (QED) is 0.271. The molecule has 0 atom stereocenters. The van der Waals surface area contributed by atoms with Gasteiger partial charge in [-0.2, -0.15) is 0 Å². The van der Waals surface area contributed by atoms with Crippen LogP contribution in [0.15, 0.2) is 36.2 Å². The molecule has 36 heavy (non-hydrogen) atoms. The van der Waals surface area contributed by atoms with Crippen LogP contribution in [0.4, 0.5) is 18.0 Å². The second-order valence-electron chi connectivity index (χ2n) is 10.4. The maximum Gasteiger partial charge on any atom is 0.407 e. The second kappa shape index (κ2) is 12.9. The Balaban J connectivity index is 1.99. The van der Waals surface area contributed by atoms with Gasteiger partial charge in [-0.3, -0.25) is 0 Å². The van der Waals surface area contributed by atoms with Gasteiger partial charge in [0.05, 0.1) is 6.33 Å². The van der Waals surface area contributed by atoms with Crippen LogP contribution in [0.1, 0.15) is 33.0 Å². The van der Waals surface area contributed by atoms with Crippen LogP contribution < -0.4 is 10.1 Å². The average Bonchev–Trinajstić information content (AvgIpc) is 3.20. The van der Waals surface area contributed by atoms with Crippen molar-refractivity contribution >= 4 is 14.2 Å². The number of carbonyl (C=O) groups is 1. The van der Waals surface area contributed by atoms with Gasteiger partial charge in [-0.15, -0.1) is 5.10 Å². The van der Waals surface area contributed by atoms with E-state index in [2.05, 4.69) is 35.0 Å². The third-order valence-electron chi connectivity index (χ3n) is 4.64. The standard InChI is InChI=1S/C24H35F3N4O4Si/c1-24(2,3)35-23(32)28-14-17(13-25)15-34-19-9-7-18(8-10-19)22-29-21(20(26)27)30-31(22)16-33-11-12-36(4,5)6/h7-10,13,20H,11-12,14-16H2,1-6H3,(H,28,32)/b17-13+. The molecule has 0 unspecified atom stereocenters. The van der Waals surface area contributed by atoms with E-state index in [4.69, 9.17) is 14.2 Å². The van der Waals surface area contributed by atoms with Crippen LogP contribution in [0.25, 0.3) is 11.4 Å². The number of carbonyl (C=O) groups excluding carboxylic acids is 1. The first-order valence-corrected chi connectivity index (χ1v) is 15.3. The molecule has 1 aromatic heterocycles. The van der Waals surface area contributed by atoms with Crippen LogP contribution in [0, 0.1) is 0 Å². The minimum Gasteiger partial charge on any atom is -0.489 e. The Morgan fingerprint density at radius 2 is 1.86 bits per heavy atom. The number of rotatable bonds is 12. The molecule has 0 aliphatic rings. The Bertz CT molecular complexity index is 1020. The third-order valence-corrected chi connectivity index (χ3v) is 6.35. The van der Waals surface area contributed by atoms with Gasteiger partial charge in [0, 0.05) is 32.4 Å². The van der Waals surface area contributed by atoms with Crippen LogP contribution in [0.3, 0.4) is 0 Å². The van der Waals surface area contributed by atoms with E-state index in [0.717, 1.165) is 6.04 Å². The molecule has 1 amide bonds. The van der Waals surface area contributed by atoms with Crippen LogP contribution >= 0.6 is 0 Å². The highest BCUT2D eigenvalue weighted by atomic mass is 28.3. The van der Waals surface area contributed by atoms with Crippen molar-refractivity contribution in [2.45, 2.75) is 65.2 Å². The summed E-state index contributed by atoms with van der Waals surface area (Å²) in [6.07, 6.45) is -3.11. The van der Waals surface area contributed by atoms with Crippen LogP contribution in [-0.4, -0.2) is 54.3 Å². The lowest BCUT2D eigenvalue weighted by Crippen LogP contribution is -2.34. The molecule has 0 aliphatic heterocycles. The van der Waals surface area contributed by atoms with Crippen molar-refractivity contribution in [3.63, 3.8) is 0 Å². The number of ether oxygens (including phenoxy) is 3. The lowest BCUT2D eigenvalue weighted by atomic mass is 10.2. The molecule has 0 aliphatic carbocycles. The topological polar surface area (TPSA) is 87.5 Å². The fourth-order valence-corrected chi connectivity index (χ4v) is 3.54. The zero-order valence-electron chi connectivity index (χ0n) is 21.6. The summed E-state index contributed by atoms with van der Waals surface area (Å²) in [6.45, 7) is 12.2. The minimum atomic E-state index is -2.81. The number of alkyl carbamates (subject to hydrolysis) is 1. The first-order valence-electron chi connectivity index (χ1n) is 11.6. The van der Waals surface area contributed by atoms with E-state index in [1.807, 2.05) is 0 Å². The van der Waals surface area contributed by atoms with Crippen molar-refractivity contribution in [1.82, 2.24) is 20.1 Å². The Hall–Kier alpha value is -2.86. The number of halogens is 3. The van der Waals surface area contributed by atoms with Gasteiger partial charge in [0.25, 0.3) is 6.43 Å². The second-order valence-corrected chi connectivity index (χ2v) is 16.0. The molecule has 200 valence electrons. The summed E-state index contributed by atoms with van der Waals surface area (Å²) in [4.78, 5) is 15.7. The number of nitrogens with one attached hydrogen (secondary N) is 1. The van der Waals surface area contributed by atoms with Gasteiger partial charge in [0.2, 0.25) is 5.82 Å². The smallest absolute Gasteiger partial charge is 0.407 e. The van der Waals surface area contributed by atoms with Gasteiger partial charge >= 0.3 is 6.09 Å². The van der Waals surface area contributed by atoms with Crippen molar-refractivity contribution in [2.75, 3.05) is 19.8 Å². The number of hydrogen-bond acceptors (Lipinski definition) is 6. The molecule has 0 saturated heterocycles. The highest BCUT2D eigenvalue weighted by Crippen LogP contribution is 2.24. The highest BCUT2D eigenvalue weighted by molar-refractivity contribution is 6.76. The zero-order valence-corrected chi connectivity index (χ0v) is 22.6. The van der Waals surface area contributed by atoms with E-state index < -0.39 is 32.0 Å². The predicted molar refractivity (Wildman–Crippen MR) is 133 cm³/mol. The summed E-state index contributed by atoms with van der Waals surface area (Å²) in [5, 5.41) is 6.35. The first kappa shape index (κ1) is 29.4. The van der Waals surface area contributed by atoms with E-state index >= 15 is 0 Å². The summed E-state index contributed by atoms with van der Waals surface area (Å²) < 4.78 is 57.3. The van der Waals surface area contributed by atoms with Gasteiger partial charge in [0.1, 0.15) is 24.7 Å². The van der Waals surface area contributed by atoms with Gasteiger partial charge in [-0.25, -0.2) is 27.6 Å². The van der Waals surface area contributed by atoms with Gasteiger partial charge < -0.3 is 19.5 Å². The Kier molecular flexibility index (Phi) is 10.5. The molecule has 2 rings (SSSR count). The summed E-state index contributed by atoms with van der Waals surface area (Å²) in [7, 11) is -1.29. The molecule has 0 spiro atoms. The molecular formula is C24H35F3N4O4Si. The molecule has 0 radical (unpaired) electrons. The Labute approximate surface area is 210 Å². The summed E-state index contributed by atoms with van der Waals surface area (Å²) >= 11 is 0. The van der Waals surface area contributed by atoms with Crippen LogP contribution in [-0.2, 0) is 16.2 Å². The van der Waals surface area contributed by atoms with Gasteiger partial charge in [0.15, 0.2) is 5.82 Å². The number of benzene rings is 1. The van der Waals surface area contributed by atoms with Crippen molar-refractivity contribution in [3.8, 4) is 17.1 Å². The maximum atomic E-state index is 13.2. The first-order chi connectivity index (χ1) is 16.8. The van der Waals surface area contributed by atoms with Crippen molar-refractivity contribution in [3.05, 3.63) is 42.0 Å². The minimum absolute atomic E-state index is 0.00703. The lowest BCUT2D eigenvalue weighted by molar-refractivity contribution is 0.0531.